The molecule has 0 bridgehead atoms. The van der Waals surface area contributed by atoms with Gasteiger partial charge in [-0.3, -0.25) is 4.79 Å². The molecule has 2 aliphatic rings. The number of hydrogen-bond donors (Lipinski definition) is 3. The summed E-state index contributed by atoms with van der Waals surface area (Å²) >= 11 is 0. The van der Waals surface area contributed by atoms with Gasteiger partial charge in [0.15, 0.2) is 5.69 Å². The largest absolute Gasteiger partial charge is 0.476 e. The van der Waals surface area contributed by atoms with Crippen LogP contribution in [0.5, 0.6) is 0 Å². The molecule has 2 aromatic heterocycles. The van der Waals surface area contributed by atoms with E-state index >= 15 is 0 Å². The van der Waals surface area contributed by atoms with Gasteiger partial charge in [0.1, 0.15) is 11.8 Å². The molecule has 10 heteroatoms. The Morgan fingerprint density at radius 2 is 1.85 bits per heavy atom. The van der Waals surface area contributed by atoms with E-state index in [1.54, 1.807) is 4.90 Å². The fourth-order valence-corrected chi connectivity index (χ4v) is 5.65. The molecule has 0 spiro atoms. The summed E-state index contributed by atoms with van der Waals surface area (Å²) in [5.41, 5.74) is 8.06. The molecule has 40 heavy (non-hydrogen) atoms. The number of aromatic nitrogens is 2. The molecule has 3 aromatic rings. The number of aromatic carboxylic acids is 1. The summed E-state index contributed by atoms with van der Waals surface area (Å²) in [7, 11) is 0. The minimum atomic E-state index is -1.18. The predicted octanol–water partition coefficient (Wildman–Crippen LogP) is 5.21. The van der Waals surface area contributed by atoms with Crippen molar-refractivity contribution in [3.8, 4) is 0 Å². The second-order valence-electron chi connectivity index (χ2n) is 11.6. The van der Waals surface area contributed by atoms with Gasteiger partial charge in [0.05, 0.1) is 6.04 Å². The number of para-hydroxylation sites is 1. The number of carboxylic acids is 1. The Labute approximate surface area is 233 Å². The van der Waals surface area contributed by atoms with Gasteiger partial charge < -0.3 is 25.1 Å². The van der Waals surface area contributed by atoms with E-state index in [1.165, 1.54) is 4.90 Å². The molecule has 1 aliphatic carbocycles. The van der Waals surface area contributed by atoms with Gasteiger partial charge in [-0.2, -0.15) is 0 Å². The van der Waals surface area contributed by atoms with Crippen molar-refractivity contribution in [2.24, 2.45) is 11.7 Å². The Morgan fingerprint density at radius 3 is 2.50 bits per heavy atom. The fourth-order valence-electron chi connectivity index (χ4n) is 5.65. The second kappa shape index (κ2) is 11.8. The third-order valence-corrected chi connectivity index (χ3v) is 7.87. The Bertz CT molecular complexity index is 1370. The Balaban J connectivity index is 1.62. The Kier molecular flexibility index (Phi) is 8.25. The van der Waals surface area contributed by atoms with Gasteiger partial charge in [-0.1, -0.05) is 44.9 Å². The topological polar surface area (TPSA) is 146 Å². The smallest absolute Gasteiger partial charge is 0.358 e. The van der Waals surface area contributed by atoms with Gasteiger partial charge in [0.25, 0.3) is 0 Å². The van der Waals surface area contributed by atoms with Gasteiger partial charge in [0.2, 0.25) is 11.8 Å². The van der Waals surface area contributed by atoms with E-state index in [0.717, 1.165) is 55.0 Å². The second-order valence-corrected chi connectivity index (χ2v) is 11.6. The number of rotatable bonds is 9. The number of likely N-dealkylation sites (tertiary alicyclic amines) is 1. The predicted molar refractivity (Wildman–Crippen MR) is 150 cm³/mol. The maximum Gasteiger partial charge on any atom is 0.358 e. The highest BCUT2D eigenvalue weighted by molar-refractivity contribution is 5.97. The van der Waals surface area contributed by atoms with Gasteiger partial charge >= 0.3 is 12.0 Å². The summed E-state index contributed by atoms with van der Waals surface area (Å²) in [6.45, 7) is 5.04. The summed E-state index contributed by atoms with van der Waals surface area (Å²) in [5.74, 6) is -1.20. The van der Waals surface area contributed by atoms with Crippen LogP contribution in [-0.2, 0) is 11.2 Å². The highest BCUT2D eigenvalue weighted by Crippen LogP contribution is 2.43. The molecule has 1 aromatic carbocycles. The van der Waals surface area contributed by atoms with Crippen molar-refractivity contribution < 1.29 is 23.9 Å². The zero-order valence-electron chi connectivity index (χ0n) is 23.3. The molecule has 2 fully saturated rings. The first kappa shape index (κ1) is 27.9. The lowest BCUT2D eigenvalue weighted by Gasteiger charge is -2.34. The van der Waals surface area contributed by atoms with Crippen molar-refractivity contribution in [1.29, 1.82) is 0 Å². The molecule has 1 aliphatic heterocycles. The number of carboxylic acid groups (broad SMARTS) is 1. The number of carbonyl (C=O) groups is 3. The number of hydrogen-bond acceptors (Lipinski definition) is 6. The van der Waals surface area contributed by atoms with E-state index in [-0.39, 0.29) is 29.8 Å². The number of aromatic amines is 1. The monoisotopic (exact) mass is 549 g/mol. The molecule has 10 nitrogen and oxygen atoms in total. The summed E-state index contributed by atoms with van der Waals surface area (Å²) in [4.78, 5) is 51.1. The quantitative estimate of drug-likeness (QED) is 0.332. The van der Waals surface area contributed by atoms with Crippen LogP contribution in [0.3, 0.4) is 0 Å². The molecule has 1 saturated heterocycles. The highest BCUT2D eigenvalue weighted by Gasteiger charge is 2.42. The number of nitrogens with one attached hydrogen (secondary N) is 1. The Morgan fingerprint density at radius 1 is 1.15 bits per heavy atom. The normalized spacial score (nSPS) is 17.6. The molecular weight excluding hydrogens is 510 g/mol. The number of carbonyl (C=O) groups excluding carboxylic acids is 2. The first-order chi connectivity index (χ1) is 19.2. The van der Waals surface area contributed by atoms with Crippen LogP contribution in [0.25, 0.3) is 10.9 Å². The molecule has 3 amide bonds. The van der Waals surface area contributed by atoms with E-state index in [1.807, 2.05) is 44.3 Å². The van der Waals surface area contributed by atoms with Crippen LogP contribution >= 0.6 is 0 Å². The zero-order valence-corrected chi connectivity index (χ0v) is 23.3. The van der Waals surface area contributed by atoms with E-state index in [2.05, 4.69) is 9.97 Å². The third kappa shape index (κ3) is 5.91. The molecule has 3 heterocycles. The number of urea groups is 1. The van der Waals surface area contributed by atoms with Gasteiger partial charge in [-0.05, 0) is 49.7 Å². The molecule has 4 N–H and O–H groups in total. The summed E-state index contributed by atoms with van der Waals surface area (Å²) in [6.07, 6.45) is 7.85. The number of nitrogens with zero attached hydrogens (tertiary/aromatic N) is 3. The van der Waals surface area contributed by atoms with Crippen molar-refractivity contribution >= 4 is 28.8 Å². The van der Waals surface area contributed by atoms with Gasteiger partial charge in [0, 0.05) is 42.5 Å². The number of nitrogens with two attached hydrogens (primary N) is 1. The van der Waals surface area contributed by atoms with Crippen LogP contribution in [0.15, 0.2) is 34.9 Å². The summed E-state index contributed by atoms with van der Waals surface area (Å²) in [5, 5.41) is 10.9. The standard InChI is InChI=1S/C30H39N5O5/c1-18(2)15-22(31)28(36)35(30(39)34-13-7-3-4-8-14-34)24(16-20-17-32-23-10-6-5-9-21(20)23)27-33-25(29(37)38)26(40-27)19-11-12-19/h5-6,9-10,17-19,22,24,32H,3-4,7-8,11-16,31H2,1-2H3,(H,37,38)/t22-,24+/m0/s1. The van der Waals surface area contributed by atoms with Crippen molar-refractivity contribution in [3.05, 3.63) is 53.4 Å². The average molecular weight is 550 g/mol. The molecule has 214 valence electrons. The lowest BCUT2D eigenvalue weighted by Crippen LogP contribution is -2.54. The van der Waals surface area contributed by atoms with Gasteiger partial charge in [-0.15, -0.1) is 0 Å². The zero-order chi connectivity index (χ0) is 28.4. The highest BCUT2D eigenvalue weighted by atomic mass is 16.4. The van der Waals surface area contributed by atoms with Crippen LogP contribution in [0.1, 0.15) is 98.5 Å². The van der Waals surface area contributed by atoms with Crippen molar-refractivity contribution in [2.45, 2.75) is 83.2 Å². The Hall–Kier alpha value is -3.66. The number of amides is 3. The van der Waals surface area contributed by atoms with Crippen LogP contribution in [0, 0.1) is 5.92 Å². The molecule has 0 radical (unpaired) electrons. The van der Waals surface area contributed by atoms with E-state index in [9.17, 15) is 19.5 Å². The van der Waals surface area contributed by atoms with Crippen LogP contribution in [-0.4, -0.2) is 61.9 Å². The van der Waals surface area contributed by atoms with E-state index in [4.69, 9.17) is 10.2 Å². The minimum Gasteiger partial charge on any atom is -0.476 e. The molecular formula is C30H39N5O5. The molecule has 2 atom stereocenters. The number of H-pyrrole nitrogens is 1. The van der Waals surface area contributed by atoms with Crippen LogP contribution < -0.4 is 5.73 Å². The van der Waals surface area contributed by atoms with Crippen molar-refractivity contribution in [1.82, 2.24) is 19.8 Å². The third-order valence-electron chi connectivity index (χ3n) is 7.87. The number of benzene rings is 1. The van der Waals surface area contributed by atoms with Crippen LogP contribution in [0.2, 0.25) is 0 Å². The maximum absolute atomic E-state index is 14.2. The average Bonchev–Trinajstić information content (AvgIpc) is 3.63. The summed E-state index contributed by atoms with van der Waals surface area (Å²) in [6, 6.07) is 5.48. The van der Waals surface area contributed by atoms with Crippen molar-refractivity contribution in [2.75, 3.05) is 13.1 Å². The number of oxazole rings is 1. The number of imide groups is 1. The molecule has 1 saturated carbocycles. The SMILES string of the molecule is CC(C)C[C@H](N)C(=O)N(C(=O)N1CCCCCC1)[C@H](Cc1c[nH]c2ccccc12)c1nc(C(=O)O)c(C2CC2)o1. The van der Waals surface area contributed by atoms with Crippen molar-refractivity contribution in [3.63, 3.8) is 0 Å². The molecule has 5 rings (SSSR count). The first-order valence-electron chi connectivity index (χ1n) is 14.4. The maximum atomic E-state index is 14.2. The number of fused-ring (bicyclic) bond motifs is 1. The van der Waals surface area contributed by atoms with Gasteiger partial charge in [-0.25, -0.2) is 19.5 Å². The lowest BCUT2D eigenvalue weighted by atomic mass is 10.00. The van der Waals surface area contributed by atoms with Crippen LogP contribution in [0.4, 0.5) is 4.79 Å². The summed E-state index contributed by atoms with van der Waals surface area (Å²) < 4.78 is 6.17. The fraction of sp³-hybridized carbons (Fsp3) is 0.533. The van der Waals surface area contributed by atoms with E-state index < -0.39 is 30.0 Å². The lowest BCUT2D eigenvalue weighted by molar-refractivity contribution is -0.133. The van der Waals surface area contributed by atoms with E-state index in [0.29, 0.717) is 25.3 Å². The molecule has 0 unspecified atom stereocenters. The minimum absolute atomic E-state index is 0.0188. The first-order valence-corrected chi connectivity index (χ1v) is 14.4.